The first-order chi connectivity index (χ1) is 17.0. The normalized spacial score (nSPS) is 12.3. The highest BCUT2D eigenvalue weighted by molar-refractivity contribution is 6.01. The van der Waals surface area contributed by atoms with Crippen molar-refractivity contribution in [2.75, 3.05) is 0 Å². The highest BCUT2D eigenvalue weighted by Gasteiger charge is 2.24. The van der Waals surface area contributed by atoms with Crippen LogP contribution < -0.4 is 0 Å². The van der Waals surface area contributed by atoms with Gasteiger partial charge in [-0.25, -0.2) is 4.98 Å². The molecular weight excluding hydrogens is 422 g/mol. The zero-order valence-corrected chi connectivity index (χ0v) is 21.0. The first kappa shape index (κ1) is 21.8. The number of aryl methyl sites for hydroxylation is 2. The third-order valence-corrected chi connectivity index (χ3v) is 7.26. The number of benzene rings is 4. The lowest BCUT2D eigenvalue weighted by atomic mass is 9.90. The molecule has 1 nitrogen and oxygen atoms in total. The van der Waals surface area contributed by atoms with E-state index >= 15 is 0 Å². The van der Waals surface area contributed by atoms with Gasteiger partial charge in [0, 0.05) is 16.5 Å². The zero-order chi connectivity index (χ0) is 24.1. The van der Waals surface area contributed by atoms with E-state index in [0.717, 1.165) is 24.2 Å². The molecule has 0 saturated carbocycles. The van der Waals surface area contributed by atoms with E-state index in [1.54, 1.807) is 0 Å². The van der Waals surface area contributed by atoms with Gasteiger partial charge in [-0.2, -0.15) is 0 Å². The lowest BCUT2D eigenvalue weighted by Crippen LogP contribution is -1.99. The summed E-state index contributed by atoms with van der Waals surface area (Å²) in [5.41, 5.74) is 14.1. The van der Waals surface area contributed by atoms with Crippen LogP contribution >= 0.6 is 0 Å². The van der Waals surface area contributed by atoms with Crippen molar-refractivity contribution in [1.29, 1.82) is 0 Å². The van der Waals surface area contributed by atoms with Gasteiger partial charge in [-0.1, -0.05) is 92.2 Å². The number of aromatic nitrogens is 1. The van der Waals surface area contributed by atoms with Crippen LogP contribution in [0.15, 0.2) is 84.9 Å². The average molecular weight is 454 g/mol. The summed E-state index contributed by atoms with van der Waals surface area (Å²) in [4.78, 5) is 5.37. The number of hydrogen-bond donors (Lipinski definition) is 0. The molecular formula is C34H31N. The Labute approximate surface area is 208 Å². The maximum Gasteiger partial charge on any atom is 0.0791 e. The predicted molar refractivity (Wildman–Crippen MR) is 149 cm³/mol. The number of rotatable bonds is 4. The van der Waals surface area contributed by atoms with Crippen LogP contribution in [0.3, 0.4) is 0 Å². The smallest absolute Gasteiger partial charge is 0.0791 e. The van der Waals surface area contributed by atoms with Gasteiger partial charge in [0.1, 0.15) is 0 Å². The molecule has 0 N–H and O–H groups in total. The van der Waals surface area contributed by atoms with Gasteiger partial charge >= 0.3 is 0 Å². The van der Waals surface area contributed by atoms with Gasteiger partial charge < -0.3 is 0 Å². The molecule has 0 fully saturated rings. The van der Waals surface area contributed by atoms with E-state index in [2.05, 4.69) is 113 Å². The van der Waals surface area contributed by atoms with Crippen molar-refractivity contribution in [2.45, 2.75) is 40.5 Å². The predicted octanol–water partition coefficient (Wildman–Crippen LogP) is 8.96. The van der Waals surface area contributed by atoms with Crippen LogP contribution in [0.5, 0.6) is 0 Å². The minimum atomic E-state index is 0.595. The minimum absolute atomic E-state index is 0.595. The van der Waals surface area contributed by atoms with Crippen LogP contribution in [0, 0.1) is 19.8 Å². The van der Waals surface area contributed by atoms with Gasteiger partial charge in [-0.15, -0.1) is 0 Å². The third-order valence-electron chi connectivity index (χ3n) is 7.26. The molecule has 0 spiro atoms. The van der Waals surface area contributed by atoms with Crippen molar-refractivity contribution in [2.24, 2.45) is 5.92 Å². The van der Waals surface area contributed by atoms with Crippen LogP contribution in [0.1, 0.15) is 41.7 Å². The summed E-state index contributed by atoms with van der Waals surface area (Å²) in [6.07, 6.45) is 2.02. The molecule has 0 saturated heterocycles. The standard InChI is InChI=1S/C34H31N/c1-21(2)16-25-9-7-11-28-29(25)20-33(24-14-12-22(3)13-15-24)35-34(28)32-18-23(4)17-30-27-10-6-5-8-26(27)19-31(30)32/h5-15,17-18,20-21H,16,19H2,1-4H3. The second-order valence-electron chi connectivity index (χ2n) is 10.5. The van der Waals surface area contributed by atoms with Crippen LogP contribution in [0.25, 0.3) is 44.4 Å². The van der Waals surface area contributed by atoms with E-state index < -0.39 is 0 Å². The molecule has 1 aliphatic carbocycles. The molecule has 172 valence electrons. The van der Waals surface area contributed by atoms with Crippen molar-refractivity contribution >= 4 is 10.8 Å². The Hall–Kier alpha value is -3.71. The van der Waals surface area contributed by atoms with Crippen molar-refractivity contribution in [1.82, 2.24) is 4.98 Å². The van der Waals surface area contributed by atoms with Crippen LogP contribution in [-0.4, -0.2) is 4.98 Å². The summed E-state index contributed by atoms with van der Waals surface area (Å²) in [7, 11) is 0. The molecule has 1 heteroatoms. The second kappa shape index (κ2) is 8.50. The summed E-state index contributed by atoms with van der Waals surface area (Å²) in [5.74, 6) is 0.595. The molecule has 0 radical (unpaired) electrons. The molecule has 0 atom stereocenters. The highest BCUT2D eigenvalue weighted by Crippen LogP contribution is 2.44. The van der Waals surface area contributed by atoms with Gasteiger partial charge in [-0.05, 0) is 83.5 Å². The van der Waals surface area contributed by atoms with Gasteiger partial charge in [0.2, 0.25) is 0 Å². The topological polar surface area (TPSA) is 12.9 Å². The molecule has 5 aromatic rings. The fourth-order valence-corrected chi connectivity index (χ4v) is 5.62. The van der Waals surface area contributed by atoms with Gasteiger partial charge in [0.05, 0.1) is 11.4 Å². The molecule has 0 aliphatic heterocycles. The summed E-state index contributed by atoms with van der Waals surface area (Å²) in [5, 5.41) is 2.58. The van der Waals surface area contributed by atoms with Crippen LogP contribution in [-0.2, 0) is 12.8 Å². The molecule has 35 heavy (non-hydrogen) atoms. The Morgan fingerprint density at radius 1 is 0.714 bits per heavy atom. The molecule has 4 aromatic carbocycles. The van der Waals surface area contributed by atoms with Gasteiger partial charge in [0.25, 0.3) is 0 Å². The second-order valence-corrected chi connectivity index (χ2v) is 10.5. The van der Waals surface area contributed by atoms with Gasteiger partial charge in [-0.3, -0.25) is 0 Å². The number of pyridine rings is 1. The summed E-state index contributed by atoms with van der Waals surface area (Å²) in [6, 6.07) is 31.4. The van der Waals surface area contributed by atoms with Crippen molar-refractivity contribution in [3.63, 3.8) is 0 Å². The van der Waals surface area contributed by atoms with Crippen LogP contribution in [0.2, 0.25) is 0 Å². The molecule has 1 aliphatic rings. The first-order valence-electron chi connectivity index (χ1n) is 12.7. The van der Waals surface area contributed by atoms with E-state index in [9.17, 15) is 0 Å². The van der Waals surface area contributed by atoms with E-state index in [1.165, 1.54) is 60.8 Å². The Bertz CT molecular complexity index is 1570. The highest BCUT2D eigenvalue weighted by atomic mass is 14.7. The van der Waals surface area contributed by atoms with Crippen molar-refractivity contribution in [3.8, 4) is 33.6 Å². The fourth-order valence-electron chi connectivity index (χ4n) is 5.62. The molecule has 1 aromatic heterocycles. The van der Waals surface area contributed by atoms with Crippen LogP contribution in [0.4, 0.5) is 0 Å². The molecule has 0 unspecified atom stereocenters. The molecule has 0 bridgehead atoms. The van der Waals surface area contributed by atoms with E-state index in [-0.39, 0.29) is 0 Å². The number of nitrogens with zero attached hydrogens (tertiary/aromatic N) is 1. The molecule has 6 rings (SSSR count). The number of fused-ring (bicyclic) bond motifs is 4. The van der Waals surface area contributed by atoms with E-state index in [0.29, 0.717) is 5.92 Å². The zero-order valence-electron chi connectivity index (χ0n) is 21.0. The third kappa shape index (κ3) is 3.86. The Morgan fingerprint density at radius 2 is 1.49 bits per heavy atom. The average Bonchev–Trinajstić information content (AvgIpc) is 3.22. The summed E-state index contributed by atoms with van der Waals surface area (Å²) in [6.45, 7) is 8.94. The largest absolute Gasteiger partial charge is 0.247 e. The lowest BCUT2D eigenvalue weighted by Gasteiger charge is -2.17. The number of hydrogen-bond acceptors (Lipinski definition) is 1. The fraction of sp³-hybridized carbons (Fsp3) is 0.206. The van der Waals surface area contributed by atoms with E-state index in [4.69, 9.17) is 4.98 Å². The van der Waals surface area contributed by atoms with E-state index in [1.807, 2.05) is 0 Å². The summed E-state index contributed by atoms with van der Waals surface area (Å²) < 4.78 is 0. The first-order valence-corrected chi connectivity index (χ1v) is 12.7. The maximum atomic E-state index is 5.37. The lowest BCUT2D eigenvalue weighted by molar-refractivity contribution is 0.650. The molecule has 1 heterocycles. The SMILES string of the molecule is Cc1ccc(-c2cc3c(CC(C)C)cccc3c(-c3cc(C)cc4c3Cc3ccccc3-4)n2)cc1. The van der Waals surface area contributed by atoms with Gasteiger partial charge in [0.15, 0.2) is 0 Å². The Morgan fingerprint density at radius 3 is 2.29 bits per heavy atom. The monoisotopic (exact) mass is 453 g/mol. The minimum Gasteiger partial charge on any atom is -0.247 e. The van der Waals surface area contributed by atoms with Crippen molar-refractivity contribution in [3.05, 3.63) is 113 Å². The maximum absolute atomic E-state index is 5.37. The Kier molecular flexibility index (Phi) is 5.29. The molecule has 0 amide bonds. The Balaban J connectivity index is 1.66. The summed E-state index contributed by atoms with van der Waals surface area (Å²) >= 11 is 0. The quantitative estimate of drug-likeness (QED) is 0.259. The van der Waals surface area contributed by atoms with Crippen molar-refractivity contribution < 1.29 is 0 Å².